The van der Waals surface area contributed by atoms with Crippen LogP contribution in [0.3, 0.4) is 0 Å². The summed E-state index contributed by atoms with van der Waals surface area (Å²) in [5, 5.41) is 0. The summed E-state index contributed by atoms with van der Waals surface area (Å²) in [4.78, 5) is 0. The van der Waals surface area contributed by atoms with Gasteiger partial charge < -0.3 is 4.74 Å². The van der Waals surface area contributed by atoms with Crippen molar-refractivity contribution in [1.82, 2.24) is 5.43 Å². The minimum Gasteiger partial charge on any atom is -0.381 e. The molecule has 3 N–H and O–H groups in total. The Bertz CT molecular complexity index is 455. The monoisotopic (exact) mass is 272 g/mol. The predicted octanol–water partition coefficient (Wildman–Crippen LogP) is 2.37. The number of benzene rings is 1. The van der Waals surface area contributed by atoms with Crippen molar-refractivity contribution in [3.8, 4) is 11.8 Å². The maximum Gasteiger partial charge on any atom is 0.0475 e. The summed E-state index contributed by atoms with van der Waals surface area (Å²) in [5.74, 6) is 12.0. The lowest BCUT2D eigenvalue weighted by Gasteiger charge is -2.43. The first-order valence-corrected chi connectivity index (χ1v) is 7.32. The van der Waals surface area contributed by atoms with Crippen LogP contribution < -0.4 is 11.3 Å². The van der Waals surface area contributed by atoms with E-state index >= 15 is 0 Å². The molecule has 0 radical (unpaired) electrons. The largest absolute Gasteiger partial charge is 0.381 e. The van der Waals surface area contributed by atoms with E-state index in [1.165, 1.54) is 5.56 Å². The number of ether oxygens (including phenoxy) is 1. The first kappa shape index (κ1) is 15.1. The topological polar surface area (TPSA) is 47.3 Å². The second kappa shape index (κ2) is 7.44. The highest BCUT2D eigenvalue weighted by Gasteiger charge is 2.40. The van der Waals surface area contributed by atoms with E-state index in [0.717, 1.165) is 38.9 Å². The fraction of sp³-hybridized carbons (Fsp3) is 0.529. The minimum absolute atomic E-state index is 0.0592. The van der Waals surface area contributed by atoms with Crippen LogP contribution in [0.1, 0.15) is 38.2 Å². The molecule has 1 aliphatic rings. The molecule has 108 valence electrons. The SMILES string of the molecule is CC#CCCC(NN)C1(c2ccccc2)CCOCC1. The third-order valence-corrected chi connectivity index (χ3v) is 4.34. The van der Waals surface area contributed by atoms with E-state index in [2.05, 4.69) is 47.6 Å². The summed E-state index contributed by atoms with van der Waals surface area (Å²) in [6, 6.07) is 10.9. The van der Waals surface area contributed by atoms with Gasteiger partial charge in [0.15, 0.2) is 0 Å². The van der Waals surface area contributed by atoms with E-state index in [0.29, 0.717) is 0 Å². The van der Waals surface area contributed by atoms with Crippen molar-refractivity contribution < 1.29 is 4.74 Å². The first-order chi connectivity index (χ1) is 9.83. The van der Waals surface area contributed by atoms with Crippen molar-refractivity contribution in [2.45, 2.75) is 44.1 Å². The molecule has 1 aliphatic heterocycles. The van der Waals surface area contributed by atoms with Gasteiger partial charge in [-0.25, -0.2) is 0 Å². The molecular weight excluding hydrogens is 248 g/mol. The molecule has 3 nitrogen and oxygen atoms in total. The van der Waals surface area contributed by atoms with Crippen LogP contribution in [-0.2, 0) is 10.2 Å². The van der Waals surface area contributed by atoms with Gasteiger partial charge in [0.05, 0.1) is 0 Å². The highest BCUT2D eigenvalue weighted by molar-refractivity contribution is 5.28. The Labute approximate surface area is 121 Å². The van der Waals surface area contributed by atoms with E-state index in [9.17, 15) is 0 Å². The molecule has 3 heteroatoms. The van der Waals surface area contributed by atoms with Crippen LogP contribution in [0.2, 0.25) is 0 Å². The summed E-state index contributed by atoms with van der Waals surface area (Å²) >= 11 is 0. The molecule has 20 heavy (non-hydrogen) atoms. The highest BCUT2D eigenvalue weighted by atomic mass is 16.5. The van der Waals surface area contributed by atoms with E-state index in [1.54, 1.807) is 0 Å². The molecule has 2 rings (SSSR count). The summed E-state index contributed by atoms with van der Waals surface area (Å²) in [6.45, 7) is 3.48. The predicted molar refractivity (Wildman–Crippen MR) is 82.0 cm³/mol. The number of nitrogens with one attached hydrogen (secondary N) is 1. The second-order valence-corrected chi connectivity index (χ2v) is 5.32. The normalized spacial score (nSPS) is 18.9. The average molecular weight is 272 g/mol. The molecule has 1 aromatic rings. The zero-order valence-corrected chi connectivity index (χ0v) is 12.2. The van der Waals surface area contributed by atoms with Crippen molar-refractivity contribution in [2.24, 2.45) is 5.84 Å². The Morgan fingerprint density at radius 2 is 2.00 bits per heavy atom. The van der Waals surface area contributed by atoms with Crippen molar-refractivity contribution in [3.05, 3.63) is 35.9 Å². The van der Waals surface area contributed by atoms with E-state index in [4.69, 9.17) is 10.6 Å². The molecule has 0 aromatic heterocycles. The number of hydrogen-bond donors (Lipinski definition) is 2. The third kappa shape index (κ3) is 3.21. The van der Waals surface area contributed by atoms with Crippen LogP contribution in [-0.4, -0.2) is 19.3 Å². The molecule has 1 fully saturated rings. The van der Waals surface area contributed by atoms with Crippen molar-refractivity contribution >= 4 is 0 Å². The molecule has 1 aromatic carbocycles. The number of nitrogens with two attached hydrogens (primary N) is 1. The fourth-order valence-electron chi connectivity index (χ4n) is 3.20. The zero-order valence-electron chi connectivity index (χ0n) is 12.2. The summed E-state index contributed by atoms with van der Waals surface area (Å²) in [5.41, 5.74) is 4.46. The Morgan fingerprint density at radius 3 is 2.60 bits per heavy atom. The van der Waals surface area contributed by atoms with E-state index in [-0.39, 0.29) is 11.5 Å². The van der Waals surface area contributed by atoms with Crippen LogP contribution in [0.5, 0.6) is 0 Å². The maximum atomic E-state index is 5.87. The van der Waals surface area contributed by atoms with Crippen molar-refractivity contribution in [2.75, 3.05) is 13.2 Å². The van der Waals surface area contributed by atoms with E-state index in [1.807, 2.05) is 6.92 Å². The first-order valence-electron chi connectivity index (χ1n) is 7.32. The van der Waals surface area contributed by atoms with Gasteiger partial charge in [0, 0.05) is 31.1 Å². The summed E-state index contributed by atoms with van der Waals surface area (Å²) in [7, 11) is 0. The van der Waals surface area contributed by atoms with Gasteiger partial charge in [0.1, 0.15) is 0 Å². The Kier molecular flexibility index (Phi) is 5.60. The average Bonchev–Trinajstić information content (AvgIpc) is 2.53. The smallest absolute Gasteiger partial charge is 0.0475 e. The van der Waals surface area contributed by atoms with Crippen LogP contribution in [0.15, 0.2) is 30.3 Å². The van der Waals surface area contributed by atoms with Gasteiger partial charge in [-0.3, -0.25) is 11.3 Å². The Morgan fingerprint density at radius 1 is 1.30 bits per heavy atom. The Balaban J connectivity index is 2.26. The molecule has 0 saturated carbocycles. The summed E-state index contributed by atoms with van der Waals surface area (Å²) in [6.07, 6.45) is 3.85. The fourth-order valence-corrected chi connectivity index (χ4v) is 3.20. The van der Waals surface area contributed by atoms with Crippen LogP contribution in [0.4, 0.5) is 0 Å². The van der Waals surface area contributed by atoms with Gasteiger partial charge in [-0.1, -0.05) is 30.3 Å². The number of hydrogen-bond acceptors (Lipinski definition) is 3. The van der Waals surface area contributed by atoms with Crippen molar-refractivity contribution in [1.29, 1.82) is 0 Å². The molecule has 1 heterocycles. The lowest BCUT2D eigenvalue weighted by molar-refractivity contribution is 0.0331. The minimum atomic E-state index is 0.0592. The van der Waals surface area contributed by atoms with Gasteiger partial charge in [0.25, 0.3) is 0 Å². The third-order valence-electron chi connectivity index (χ3n) is 4.34. The molecule has 0 spiro atoms. The van der Waals surface area contributed by atoms with E-state index < -0.39 is 0 Å². The second-order valence-electron chi connectivity index (χ2n) is 5.32. The maximum absolute atomic E-state index is 5.87. The lowest BCUT2D eigenvalue weighted by Crippen LogP contribution is -2.53. The zero-order chi connectivity index (χ0) is 14.3. The molecule has 1 unspecified atom stereocenters. The lowest BCUT2D eigenvalue weighted by atomic mass is 9.67. The quantitative estimate of drug-likeness (QED) is 0.491. The number of hydrazine groups is 1. The Hall–Kier alpha value is -1.34. The summed E-state index contributed by atoms with van der Waals surface area (Å²) < 4.78 is 5.57. The van der Waals surface area contributed by atoms with Crippen molar-refractivity contribution in [3.63, 3.8) is 0 Å². The highest BCUT2D eigenvalue weighted by Crippen LogP contribution is 2.39. The molecule has 1 atom stereocenters. The standard InChI is InChI=1S/C17H24N2O/c1-2-3-5-10-16(19-18)17(11-13-20-14-12-17)15-8-6-4-7-9-15/h4,6-9,16,19H,5,10-14,18H2,1H3. The van der Waals surface area contributed by atoms with Crippen LogP contribution in [0, 0.1) is 11.8 Å². The molecular formula is C17H24N2O. The van der Waals surface area contributed by atoms with Gasteiger partial charge in [-0.15, -0.1) is 11.8 Å². The van der Waals surface area contributed by atoms with Gasteiger partial charge >= 0.3 is 0 Å². The van der Waals surface area contributed by atoms with Crippen LogP contribution >= 0.6 is 0 Å². The van der Waals surface area contributed by atoms with Crippen LogP contribution in [0.25, 0.3) is 0 Å². The molecule has 0 amide bonds. The molecule has 0 bridgehead atoms. The molecule has 0 aliphatic carbocycles. The number of rotatable bonds is 5. The molecule has 1 saturated heterocycles. The van der Waals surface area contributed by atoms with Gasteiger partial charge in [0.2, 0.25) is 0 Å². The van der Waals surface area contributed by atoms with Gasteiger partial charge in [-0.05, 0) is 31.7 Å². The van der Waals surface area contributed by atoms with Gasteiger partial charge in [-0.2, -0.15) is 0 Å².